The predicted molar refractivity (Wildman–Crippen MR) is 73.2 cm³/mol. The molecule has 0 spiro atoms. The Labute approximate surface area is 104 Å². The van der Waals surface area contributed by atoms with E-state index in [0.717, 1.165) is 22.2 Å². The Bertz CT molecular complexity index is 793. The minimum Gasteiger partial charge on any atom is -0.422 e. The molecule has 1 N–H and O–H groups in total. The van der Waals surface area contributed by atoms with Crippen LogP contribution in [0.1, 0.15) is 31.0 Å². The number of aryl methyl sites for hydroxylation is 1. The number of para-hydroxylation sites is 1. The van der Waals surface area contributed by atoms with Crippen LogP contribution in [0.25, 0.3) is 21.9 Å². The van der Waals surface area contributed by atoms with Gasteiger partial charge in [-0.3, -0.25) is 0 Å². The summed E-state index contributed by atoms with van der Waals surface area (Å²) in [5.74, 6) is 0.357. The lowest BCUT2D eigenvalue weighted by Crippen LogP contribution is -1.99. The van der Waals surface area contributed by atoms with Gasteiger partial charge in [0.25, 0.3) is 0 Å². The van der Waals surface area contributed by atoms with Crippen molar-refractivity contribution in [3.63, 3.8) is 0 Å². The van der Waals surface area contributed by atoms with Crippen LogP contribution >= 0.6 is 0 Å². The van der Waals surface area contributed by atoms with Crippen molar-refractivity contribution in [3.8, 4) is 0 Å². The molecule has 3 nitrogen and oxygen atoms in total. The highest BCUT2D eigenvalue weighted by Crippen LogP contribution is 2.29. The second-order valence-electron chi connectivity index (χ2n) is 4.95. The maximum absolute atomic E-state index is 12.1. The number of rotatable bonds is 1. The third kappa shape index (κ3) is 1.40. The van der Waals surface area contributed by atoms with E-state index >= 15 is 0 Å². The molecule has 0 aliphatic heterocycles. The summed E-state index contributed by atoms with van der Waals surface area (Å²) in [7, 11) is 0. The van der Waals surface area contributed by atoms with Crippen molar-refractivity contribution < 1.29 is 4.42 Å². The van der Waals surface area contributed by atoms with Gasteiger partial charge in [-0.25, -0.2) is 4.79 Å². The van der Waals surface area contributed by atoms with Crippen molar-refractivity contribution in [1.82, 2.24) is 4.98 Å². The lowest BCUT2D eigenvalue weighted by atomic mass is 10.1. The second-order valence-corrected chi connectivity index (χ2v) is 4.95. The van der Waals surface area contributed by atoms with Gasteiger partial charge in [-0.05, 0) is 30.5 Å². The molecule has 0 saturated heterocycles. The molecule has 3 aromatic rings. The molecule has 0 bridgehead atoms. The third-order valence-electron chi connectivity index (χ3n) is 3.43. The highest BCUT2D eigenvalue weighted by molar-refractivity contribution is 6.03. The predicted octanol–water partition coefficient (Wildman–Crippen LogP) is 3.71. The highest BCUT2D eigenvalue weighted by Gasteiger charge is 2.16. The van der Waals surface area contributed by atoms with Gasteiger partial charge >= 0.3 is 5.63 Å². The van der Waals surface area contributed by atoms with Crippen LogP contribution in [0.4, 0.5) is 0 Å². The topological polar surface area (TPSA) is 46.0 Å². The zero-order valence-corrected chi connectivity index (χ0v) is 10.7. The van der Waals surface area contributed by atoms with E-state index in [9.17, 15) is 4.79 Å². The van der Waals surface area contributed by atoms with Gasteiger partial charge in [-0.2, -0.15) is 0 Å². The molecule has 0 fully saturated rings. The molecule has 92 valence electrons. The Morgan fingerprint density at radius 3 is 2.67 bits per heavy atom. The number of fused-ring (bicyclic) bond motifs is 3. The van der Waals surface area contributed by atoms with Gasteiger partial charge in [-0.15, -0.1) is 0 Å². The lowest BCUT2D eigenvalue weighted by molar-refractivity contribution is 0.569. The molecule has 3 rings (SSSR count). The van der Waals surface area contributed by atoms with Crippen LogP contribution in [0.3, 0.4) is 0 Å². The second kappa shape index (κ2) is 3.73. The fraction of sp³-hybridized carbons (Fsp3) is 0.267. The zero-order valence-electron chi connectivity index (χ0n) is 10.7. The van der Waals surface area contributed by atoms with Crippen LogP contribution < -0.4 is 5.63 Å². The number of aromatic nitrogens is 1. The summed E-state index contributed by atoms with van der Waals surface area (Å²) in [5, 5.41) is 1.64. The number of aromatic amines is 1. The van der Waals surface area contributed by atoms with Gasteiger partial charge in [0, 0.05) is 11.1 Å². The summed E-state index contributed by atoms with van der Waals surface area (Å²) in [4.78, 5) is 15.4. The summed E-state index contributed by atoms with van der Waals surface area (Å²) >= 11 is 0. The smallest absolute Gasteiger partial charge is 0.346 e. The largest absolute Gasteiger partial charge is 0.422 e. The standard InChI is InChI=1S/C15H15NO2/c1-8(2)13-9(3)12-14(16-13)10-6-4-5-7-11(10)18-15(12)17/h4-8,16H,1-3H3. The van der Waals surface area contributed by atoms with Crippen LogP contribution in [0.5, 0.6) is 0 Å². The zero-order chi connectivity index (χ0) is 12.9. The van der Waals surface area contributed by atoms with Crippen LogP contribution in [0.15, 0.2) is 33.5 Å². The molecular formula is C15H15NO2. The van der Waals surface area contributed by atoms with Gasteiger partial charge in [-0.1, -0.05) is 26.0 Å². The Morgan fingerprint density at radius 1 is 1.22 bits per heavy atom. The van der Waals surface area contributed by atoms with E-state index < -0.39 is 0 Å². The highest BCUT2D eigenvalue weighted by atomic mass is 16.4. The fourth-order valence-corrected chi connectivity index (χ4v) is 2.56. The lowest BCUT2D eigenvalue weighted by Gasteiger charge is -2.01. The summed E-state index contributed by atoms with van der Waals surface area (Å²) in [6.07, 6.45) is 0. The fourth-order valence-electron chi connectivity index (χ4n) is 2.56. The van der Waals surface area contributed by atoms with E-state index in [1.807, 2.05) is 31.2 Å². The minimum atomic E-state index is -0.260. The number of nitrogens with one attached hydrogen (secondary N) is 1. The normalized spacial score (nSPS) is 11.8. The molecule has 2 aromatic heterocycles. The van der Waals surface area contributed by atoms with Crippen LogP contribution in [0, 0.1) is 6.92 Å². The Balaban J connectivity index is 2.58. The van der Waals surface area contributed by atoms with E-state index in [4.69, 9.17) is 4.42 Å². The first-order valence-electron chi connectivity index (χ1n) is 6.13. The molecular weight excluding hydrogens is 226 g/mol. The van der Waals surface area contributed by atoms with Gasteiger partial charge in [0.15, 0.2) is 0 Å². The van der Waals surface area contributed by atoms with E-state index in [1.165, 1.54) is 0 Å². The molecule has 0 amide bonds. The van der Waals surface area contributed by atoms with Crippen molar-refractivity contribution in [2.75, 3.05) is 0 Å². The van der Waals surface area contributed by atoms with Gasteiger partial charge in [0.1, 0.15) is 5.58 Å². The summed E-state index contributed by atoms with van der Waals surface area (Å²) in [6.45, 7) is 6.20. The van der Waals surface area contributed by atoms with Gasteiger partial charge < -0.3 is 9.40 Å². The SMILES string of the molecule is Cc1c(C(C)C)[nH]c2c1c(=O)oc1ccccc12. The van der Waals surface area contributed by atoms with Crippen molar-refractivity contribution in [2.45, 2.75) is 26.7 Å². The maximum atomic E-state index is 12.1. The first-order chi connectivity index (χ1) is 8.59. The average Bonchev–Trinajstić information content (AvgIpc) is 2.68. The van der Waals surface area contributed by atoms with E-state index in [2.05, 4.69) is 18.8 Å². The maximum Gasteiger partial charge on any atom is 0.346 e. The van der Waals surface area contributed by atoms with Crippen LogP contribution in [-0.2, 0) is 0 Å². The molecule has 1 aromatic carbocycles. The first kappa shape index (κ1) is 11.1. The molecule has 2 heterocycles. The number of H-pyrrole nitrogens is 1. The van der Waals surface area contributed by atoms with E-state index in [0.29, 0.717) is 16.9 Å². The third-order valence-corrected chi connectivity index (χ3v) is 3.43. The van der Waals surface area contributed by atoms with Crippen LogP contribution in [-0.4, -0.2) is 4.98 Å². The quantitative estimate of drug-likeness (QED) is 0.660. The first-order valence-corrected chi connectivity index (χ1v) is 6.13. The average molecular weight is 241 g/mol. The Morgan fingerprint density at radius 2 is 1.94 bits per heavy atom. The van der Waals surface area contributed by atoms with Crippen molar-refractivity contribution in [2.24, 2.45) is 0 Å². The minimum absolute atomic E-state index is 0.260. The van der Waals surface area contributed by atoms with E-state index in [-0.39, 0.29) is 5.63 Å². The van der Waals surface area contributed by atoms with Gasteiger partial charge in [0.05, 0.1) is 10.9 Å². The van der Waals surface area contributed by atoms with E-state index in [1.54, 1.807) is 0 Å². The summed E-state index contributed by atoms with van der Waals surface area (Å²) < 4.78 is 5.37. The Hall–Kier alpha value is -2.03. The number of benzene rings is 1. The number of hydrogen-bond acceptors (Lipinski definition) is 2. The molecule has 0 atom stereocenters. The molecule has 0 unspecified atom stereocenters. The monoisotopic (exact) mass is 241 g/mol. The van der Waals surface area contributed by atoms with Crippen LogP contribution in [0.2, 0.25) is 0 Å². The van der Waals surface area contributed by atoms with Gasteiger partial charge in [0.2, 0.25) is 0 Å². The van der Waals surface area contributed by atoms with Crippen molar-refractivity contribution in [1.29, 1.82) is 0 Å². The molecule has 0 aliphatic rings. The molecule has 18 heavy (non-hydrogen) atoms. The van der Waals surface area contributed by atoms with Crippen molar-refractivity contribution in [3.05, 3.63) is 45.9 Å². The number of hydrogen-bond donors (Lipinski definition) is 1. The molecule has 0 aliphatic carbocycles. The van der Waals surface area contributed by atoms with Crippen molar-refractivity contribution >= 4 is 21.9 Å². The summed E-state index contributed by atoms with van der Waals surface area (Å²) in [6, 6.07) is 7.62. The molecule has 0 radical (unpaired) electrons. The molecule has 3 heteroatoms. The Kier molecular flexibility index (Phi) is 2.30. The summed E-state index contributed by atoms with van der Waals surface area (Å²) in [5.41, 5.74) is 3.37. The molecule has 0 saturated carbocycles.